The van der Waals surface area contributed by atoms with Crippen LogP contribution >= 0.6 is 11.6 Å². The summed E-state index contributed by atoms with van der Waals surface area (Å²) in [6.45, 7) is 13.0. The summed E-state index contributed by atoms with van der Waals surface area (Å²) in [6.07, 6.45) is 1.19. The summed E-state index contributed by atoms with van der Waals surface area (Å²) in [7, 11) is 2.15. The van der Waals surface area contributed by atoms with Crippen LogP contribution in [-0.2, 0) is 6.54 Å². The first-order chi connectivity index (χ1) is 9.19. The lowest BCUT2D eigenvalue weighted by atomic mass is 10.1. The van der Waals surface area contributed by atoms with Gasteiger partial charge in [0, 0.05) is 36.4 Å². The number of hydrogen-bond acceptors (Lipinski definition) is 2. The molecule has 2 nitrogen and oxygen atoms in total. The highest BCUT2D eigenvalue weighted by Crippen LogP contribution is 2.25. The Kier molecular flexibility index (Phi) is 6.35. The highest BCUT2D eigenvalue weighted by Gasteiger charge is 2.13. The number of benzene rings is 1. The standard InChI is InChI=1S/C17H29ClN2/c1-13(2)9-10-20(6)16-11-15(18)8-7-14(16)12-19-17(3,4)5/h7-8,11,13,19H,9-10,12H2,1-6H3. The second kappa shape index (κ2) is 7.33. The predicted octanol–water partition coefficient (Wildman–Crippen LogP) is 4.71. The van der Waals surface area contributed by atoms with Gasteiger partial charge in [0.25, 0.3) is 0 Å². The van der Waals surface area contributed by atoms with Gasteiger partial charge in [-0.25, -0.2) is 0 Å². The van der Waals surface area contributed by atoms with Crippen molar-refractivity contribution in [1.82, 2.24) is 5.32 Å². The minimum Gasteiger partial charge on any atom is -0.374 e. The second-order valence-electron chi connectivity index (χ2n) is 6.98. The molecular weight excluding hydrogens is 268 g/mol. The van der Waals surface area contributed by atoms with Crippen molar-refractivity contribution in [2.75, 3.05) is 18.5 Å². The average Bonchev–Trinajstić information content (AvgIpc) is 2.33. The molecule has 0 saturated carbocycles. The van der Waals surface area contributed by atoms with Gasteiger partial charge in [0.2, 0.25) is 0 Å². The number of hydrogen-bond donors (Lipinski definition) is 1. The molecule has 3 heteroatoms. The summed E-state index contributed by atoms with van der Waals surface area (Å²) in [6, 6.07) is 6.17. The van der Waals surface area contributed by atoms with Gasteiger partial charge in [-0.1, -0.05) is 31.5 Å². The molecule has 1 N–H and O–H groups in total. The van der Waals surface area contributed by atoms with Crippen molar-refractivity contribution >= 4 is 17.3 Å². The Labute approximate surface area is 129 Å². The van der Waals surface area contributed by atoms with Crippen molar-refractivity contribution in [2.24, 2.45) is 5.92 Å². The van der Waals surface area contributed by atoms with E-state index in [2.05, 4.69) is 64.0 Å². The fourth-order valence-electron chi connectivity index (χ4n) is 1.97. The Bertz CT molecular complexity index is 421. The molecule has 0 bridgehead atoms. The zero-order valence-electron chi connectivity index (χ0n) is 13.8. The van der Waals surface area contributed by atoms with Crippen LogP contribution in [0.2, 0.25) is 5.02 Å². The van der Waals surface area contributed by atoms with Crippen molar-refractivity contribution < 1.29 is 0 Å². The van der Waals surface area contributed by atoms with Crippen LogP contribution in [0, 0.1) is 5.92 Å². The molecular formula is C17H29ClN2. The molecule has 0 aromatic heterocycles. The molecule has 0 amide bonds. The SMILES string of the molecule is CC(C)CCN(C)c1cc(Cl)ccc1CNC(C)(C)C. The summed E-state index contributed by atoms with van der Waals surface area (Å²) < 4.78 is 0. The highest BCUT2D eigenvalue weighted by atomic mass is 35.5. The van der Waals surface area contributed by atoms with E-state index in [1.54, 1.807) is 0 Å². The van der Waals surface area contributed by atoms with Crippen LogP contribution in [0.3, 0.4) is 0 Å². The zero-order chi connectivity index (χ0) is 15.3. The van der Waals surface area contributed by atoms with E-state index < -0.39 is 0 Å². The van der Waals surface area contributed by atoms with Crippen molar-refractivity contribution in [3.05, 3.63) is 28.8 Å². The first kappa shape index (κ1) is 17.3. The number of nitrogens with zero attached hydrogens (tertiary/aromatic N) is 1. The molecule has 0 saturated heterocycles. The third-order valence-corrected chi connectivity index (χ3v) is 3.54. The van der Waals surface area contributed by atoms with E-state index >= 15 is 0 Å². The maximum absolute atomic E-state index is 6.17. The van der Waals surface area contributed by atoms with Gasteiger partial charge in [0.15, 0.2) is 0 Å². The Morgan fingerprint density at radius 2 is 1.90 bits per heavy atom. The van der Waals surface area contributed by atoms with Crippen molar-refractivity contribution in [3.63, 3.8) is 0 Å². The number of nitrogens with one attached hydrogen (secondary N) is 1. The van der Waals surface area contributed by atoms with E-state index in [9.17, 15) is 0 Å². The van der Waals surface area contributed by atoms with Crippen LogP contribution in [0.5, 0.6) is 0 Å². The highest BCUT2D eigenvalue weighted by molar-refractivity contribution is 6.30. The number of rotatable bonds is 6. The lowest BCUT2D eigenvalue weighted by molar-refractivity contribution is 0.424. The maximum atomic E-state index is 6.17. The third kappa shape index (κ3) is 6.15. The molecule has 114 valence electrons. The van der Waals surface area contributed by atoms with Gasteiger partial charge in [-0.3, -0.25) is 0 Å². The molecule has 0 aliphatic carbocycles. The van der Waals surface area contributed by atoms with Gasteiger partial charge < -0.3 is 10.2 Å². The number of anilines is 1. The quantitative estimate of drug-likeness (QED) is 0.818. The minimum absolute atomic E-state index is 0.118. The Morgan fingerprint density at radius 3 is 2.45 bits per heavy atom. The summed E-state index contributed by atoms with van der Waals surface area (Å²) in [4.78, 5) is 2.31. The summed E-state index contributed by atoms with van der Waals surface area (Å²) >= 11 is 6.17. The largest absolute Gasteiger partial charge is 0.374 e. The normalized spacial score (nSPS) is 12.0. The minimum atomic E-state index is 0.118. The molecule has 0 radical (unpaired) electrons. The Morgan fingerprint density at radius 1 is 1.25 bits per heavy atom. The zero-order valence-corrected chi connectivity index (χ0v) is 14.5. The van der Waals surface area contributed by atoms with Crippen molar-refractivity contribution in [1.29, 1.82) is 0 Å². The van der Waals surface area contributed by atoms with Crippen molar-refractivity contribution in [2.45, 2.75) is 53.1 Å². The van der Waals surface area contributed by atoms with Crippen LogP contribution in [0.15, 0.2) is 18.2 Å². The summed E-state index contributed by atoms with van der Waals surface area (Å²) in [5, 5.41) is 4.35. The maximum Gasteiger partial charge on any atom is 0.0426 e. The van der Waals surface area contributed by atoms with Crippen LogP contribution in [0.25, 0.3) is 0 Å². The molecule has 0 aliphatic heterocycles. The van der Waals surface area contributed by atoms with Crippen LogP contribution in [0.4, 0.5) is 5.69 Å². The van der Waals surface area contributed by atoms with Gasteiger partial charge in [0.1, 0.15) is 0 Å². The Balaban J connectivity index is 2.84. The monoisotopic (exact) mass is 296 g/mol. The molecule has 0 spiro atoms. The average molecular weight is 297 g/mol. The van der Waals surface area contributed by atoms with Crippen molar-refractivity contribution in [3.8, 4) is 0 Å². The topological polar surface area (TPSA) is 15.3 Å². The van der Waals surface area contributed by atoms with Crippen LogP contribution in [0.1, 0.15) is 46.6 Å². The summed E-state index contributed by atoms with van der Waals surface area (Å²) in [5.41, 5.74) is 2.65. The molecule has 0 heterocycles. The van der Waals surface area contributed by atoms with E-state index in [4.69, 9.17) is 11.6 Å². The van der Waals surface area contributed by atoms with E-state index in [-0.39, 0.29) is 5.54 Å². The first-order valence-electron chi connectivity index (χ1n) is 7.43. The molecule has 0 unspecified atom stereocenters. The number of halogens is 1. The van der Waals surface area contributed by atoms with Gasteiger partial charge in [-0.2, -0.15) is 0 Å². The first-order valence-corrected chi connectivity index (χ1v) is 7.81. The molecule has 1 aromatic carbocycles. The van der Waals surface area contributed by atoms with Crippen LogP contribution in [-0.4, -0.2) is 19.1 Å². The lowest BCUT2D eigenvalue weighted by Crippen LogP contribution is -2.35. The van der Waals surface area contributed by atoms with E-state index in [0.717, 1.165) is 18.1 Å². The van der Waals surface area contributed by atoms with Crippen LogP contribution < -0.4 is 10.2 Å². The molecule has 0 fully saturated rings. The molecule has 20 heavy (non-hydrogen) atoms. The molecule has 1 rings (SSSR count). The van der Waals surface area contributed by atoms with Gasteiger partial charge in [0.05, 0.1) is 0 Å². The van der Waals surface area contributed by atoms with Gasteiger partial charge in [-0.15, -0.1) is 0 Å². The second-order valence-corrected chi connectivity index (χ2v) is 7.42. The predicted molar refractivity (Wildman–Crippen MR) is 90.8 cm³/mol. The molecule has 0 aliphatic rings. The van der Waals surface area contributed by atoms with Gasteiger partial charge in [-0.05, 0) is 50.8 Å². The van der Waals surface area contributed by atoms with E-state index in [0.29, 0.717) is 5.92 Å². The smallest absolute Gasteiger partial charge is 0.0426 e. The van der Waals surface area contributed by atoms with E-state index in [1.165, 1.54) is 17.7 Å². The van der Waals surface area contributed by atoms with Gasteiger partial charge >= 0.3 is 0 Å². The third-order valence-electron chi connectivity index (χ3n) is 3.31. The Hall–Kier alpha value is -0.730. The molecule has 0 atom stereocenters. The fraction of sp³-hybridized carbons (Fsp3) is 0.647. The van der Waals surface area contributed by atoms with E-state index in [1.807, 2.05) is 6.07 Å². The fourth-order valence-corrected chi connectivity index (χ4v) is 2.14. The molecule has 1 aromatic rings. The summed E-state index contributed by atoms with van der Waals surface area (Å²) in [5.74, 6) is 0.716. The lowest BCUT2D eigenvalue weighted by Gasteiger charge is -2.26.